The summed E-state index contributed by atoms with van der Waals surface area (Å²) in [6.45, 7) is 1.98. The molecule has 13 nitrogen and oxygen atoms in total. The highest BCUT2D eigenvalue weighted by molar-refractivity contribution is 5.94. The molecule has 0 spiro atoms. The molecular formula is C29H31N7O6. The molecule has 2 fully saturated rings. The van der Waals surface area contributed by atoms with Crippen molar-refractivity contribution in [2.45, 2.75) is 62.8 Å². The number of nitrogens with zero attached hydrogens (tertiary/aromatic N) is 7. The van der Waals surface area contributed by atoms with E-state index in [9.17, 15) is 19.8 Å². The van der Waals surface area contributed by atoms with Crippen molar-refractivity contribution in [3.8, 4) is 5.69 Å². The topological polar surface area (TPSA) is 154 Å². The van der Waals surface area contributed by atoms with E-state index >= 15 is 0 Å². The first kappa shape index (κ1) is 26.6. The SMILES string of the molecule is C[C@H](ON=C1[C@H]2CCn3c(=O)n(-c4ccccc4)c(=O)n3[C@@H]2[C@H](O)[C@@H]2O[C@H]12)c1cn([C@H](CO)Cc2ccccc2)nn1. The van der Waals surface area contributed by atoms with Crippen molar-refractivity contribution in [2.75, 3.05) is 6.61 Å². The summed E-state index contributed by atoms with van der Waals surface area (Å²) in [5.74, 6) is -0.361. The first-order valence-corrected chi connectivity index (χ1v) is 14.1. The maximum absolute atomic E-state index is 13.6. The molecule has 4 heterocycles. The van der Waals surface area contributed by atoms with Crippen LogP contribution in [0.5, 0.6) is 0 Å². The van der Waals surface area contributed by atoms with Gasteiger partial charge in [0.1, 0.15) is 24.0 Å². The fourth-order valence-electron chi connectivity index (χ4n) is 6.22. The highest BCUT2D eigenvalue weighted by Crippen LogP contribution is 2.46. The van der Waals surface area contributed by atoms with Gasteiger partial charge in [0.05, 0.1) is 36.3 Å². The average Bonchev–Trinajstić information content (AvgIpc) is 3.59. The fraction of sp³-hybridized carbons (Fsp3) is 0.414. The standard InChI is InChI=1S/C29H31N7O6/c1-17(22-15-33(32-30-22)20(16-37)14-18-8-4-2-5-9-18)42-31-23-21-12-13-34-28(39)35(19-10-6-3-7-11-19)29(40)36(34)24(21)25(38)27-26(23)41-27/h2-11,15,17,20-21,24-27,37-38H,12-14,16H2,1H3/t17-,20-,21+,24-,25-,26+,27-/m0/s1. The Morgan fingerprint density at radius 2 is 1.83 bits per heavy atom. The number of rotatable bonds is 8. The monoisotopic (exact) mass is 573 g/mol. The van der Waals surface area contributed by atoms with E-state index in [1.807, 2.05) is 36.4 Å². The lowest BCUT2D eigenvalue weighted by atomic mass is 9.78. The normalized spacial score (nSPS) is 26.6. The summed E-state index contributed by atoms with van der Waals surface area (Å²) in [5.41, 5.74) is 1.72. The second-order valence-corrected chi connectivity index (χ2v) is 11.0. The third-order valence-electron chi connectivity index (χ3n) is 8.46. The van der Waals surface area contributed by atoms with Gasteiger partial charge < -0.3 is 19.8 Å². The van der Waals surface area contributed by atoms with E-state index in [0.717, 1.165) is 10.1 Å². The molecule has 7 rings (SSSR count). The van der Waals surface area contributed by atoms with Gasteiger partial charge in [-0.15, -0.1) is 5.10 Å². The Balaban J connectivity index is 1.13. The van der Waals surface area contributed by atoms with Crippen molar-refractivity contribution in [1.29, 1.82) is 0 Å². The van der Waals surface area contributed by atoms with Gasteiger partial charge >= 0.3 is 11.4 Å². The summed E-state index contributed by atoms with van der Waals surface area (Å²) >= 11 is 0. The van der Waals surface area contributed by atoms with Gasteiger partial charge in [0, 0.05) is 12.5 Å². The van der Waals surface area contributed by atoms with Crippen LogP contribution in [0.1, 0.15) is 42.8 Å². The summed E-state index contributed by atoms with van der Waals surface area (Å²) in [7, 11) is 0. The average molecular weight is 574 g/mol. The van der Waals surface area contributed by atoms with Gasteiger partial charge in [-0.25, -0.2) is 28.2 Å². The number of fused-ring (bicyclic) bond motifs is 4. The van der Waals surface area contributed by atoms with Crippen LogP contribution < -0.4 is 11.4 Å². The summed E-state index contributed by atoms with van der Waals surface area (Å²) < 4.78 is 11.3. The molecule has 2 N–H and O–H groups in total. The van der Waals surface area contributed by atoms with E-state index < -0.39 is 41.8 Å². The van der Waals surface area contributed by atoms with Gasteiger partial charge in [0.2, 0.25) is 0 Å². The number of epoxide rings is 1. The molecule has 2 aromatic carbocycles. The molecule has 1 saturated carbocycles. The van der Waals surface area contributed by atoms with Crippen LogP contribution in [0.4, 0.5) is 0 Å². The molecule has 1 aliphatic carbocycles. The first-order chi connectivity index (χ1) is 20.5. The van der Waals surface area contributed by atoms with Crippen LogP contribution in [0.2, 0.25) is 0 Å². The lowest BCUT2D eigenvalue weighted by Crippen LogP contribution is -2.53. The second-order valence-electron chi connectivity index (χ2n) is 11.0. The predicted octanol–water partition coefficient (Wildman–Crippen LogP) is 1.00. The van der Waals surface area contributed by atoms with Crippen LogP contribution in [-0.4, -0.2) is 69.8 Å². The van der Waals surface area contributed by atoms with E-state index in [0.29, 0.717) is 29.9 Å². The van der Waals surface area contributed by atoms with E-state index in [4.69, 9.17) is 9.57 Å². The Morgan fingerprint density at radius 3 is 2.57 bits per heavy atom. The number of hydrogen-bond donors (Lipinski definition) is 2. The molecule has 2 aliphatic heterocycles. The maximum Gasteiger partial charge on any atom is 0.352 e. The van der Waals surface area contributed by atoms with Crippen molar-refractivity contribution in [3.63, 3.8) is 0 Å². The van der Waals surface area contributed by atoms with Crippen LogP contribution in [0.15, 0.2) is 81.6 Å². The van der Waals surface area contributed by atoms with Crippen molar-refractivity contribution in [1.82, 2.24) is 28.9 Å². The lowest BCUT2D eigenvalue weighted by molar-refractivity contribution is 0.0291. The van der Waals surface area contributed by atoms with E-state index in [1.54, 1.807) is 42.1 Å². The number of ether oxygens (including phenoxy) is 1. The molecule has 4 aromatic rings. The van der Waals surface area contributed by atoms with Crippen LogP contribution in [0.25, 0.3) is 5.69 Å². The number of aromatic nitrogens is 6. The summed E-state index contributed by atoms with van der Waals surface area (Å²) in [5, 5.41) is 34.1. The van der Waals surface area contributed by atoms with Gasteiger partial charge in [-0.05, 0) is 37.5 Å². The molecule has 13 heteroatoms. The molecule has 0 amide bonds. The van der Waals surface area contributed by atoms with Gasteiger partial charge in [-0.1, -0.05) is 58.9 Å². The van der Waals surface area contributed by atoms with Gasteiger partial charge in [0.15, 0.2) is 6.10 Å². The minimum atomic E-state index is -0.980. The Kier molecular flexibility index (Phi) is 6.64. The number of para-hydroxylation sites is 1. The molecule has 42 heavy (non-hydrogen) atoms. The molecule has 0 unspecified atom stereocenters. The van der Waals surface area contributed by atoms with Gasteiger partial charge in [-0.2, -0.15) is 0 Å². The number of oxime groups is 1. The molecule has 2 aromatic heterocycles. The second kappa shape index (κ2) is 10.5. The summed E-state index contributed by atoms with van der Waals surface area (Å²) in [4.78, 5) is 32.7. The first-order valence-electron chi connectivity index (χ1n) is 14.1. The number of aliphatic hydroxyl groups excluding tert-OH is 2. The van der Waals surface area contributed by atoms with Crippen LogP contribution in [0, 0.1) is 5.92 Å². The van der Waals surface area contributed by atoms with Crippen LogP contribution in [0.3, 0.4) is 0 Å². The van der Waals surface area contributed by atoms with Crippen LogP contribution >= 0.6 is 0 Å². The summed E-state index contributed by atoms with van der Waals surface area (Å²) in [6.07, 6.45) is 0.321. The third kappa shape index (κ3) is 4.40. The zero-order valence-electron chi connectivity index (χ0n) is 22.9. The number of aliphatic hydroxyl groups is 2. The van der Waals surface area contributed by atoms with Gasteiger partial charge in [0.25, 0.3) is 0 Å². The molecule has 0 radical (unpaired) electrons. The van der Waals surface area contributed by atoms with E-state index in [-0.39, 0.29) is 25.1 Å². The zero-order valence-corrected chi connectivity index (χ0v) is 22.9. The molecule has 0 bridgehead atoms. The van der Waals surface area contributed by atoms with E-state index in [2.05, 4.69) is 15.5 Å². The molecule has 1 saturated heterocycles. The van der Waals surface area contributed by atoms with Crippen molar-refractivity contribution in [2.24, 2.45) is 11.1 Å². The lowest BCUT2D eigenvalue weighted by Gasteiger charge is -2.38. The smallest absolute Gasteiger partial charge is 0.352 e. The number of hydrogen-bond acceptors (Lipinski definition) is 9. The third-order valence-corrected chi connectivity index (χ3v) is 8.46. The van der Waals surface area contributed by atoms with E-state index in [1.165, 1.54) is 9.36 Å². The van der Waals surface area contributed by atoms with Crippen LogP contribution in [-0.2, 0) is 22.5 Å². The minimum absolute atomic E-state index is 0.0997. The van der Waals surface area contributed by atoms with Crippen molar-refractivity contribution < 1.29 is 19.8 Å². The fourth-order valence-corrected chi connectivity index (χ4v) is 6.22. The number of benzene rings is 2. The van der Waals surface area contributed by atoms with Gasteiger partial charge in [-0.3, -0.25) is 0 Å². The minimum Gasteiger partial charge on any atom is -0.394 e. The molecule has 7 atom stereocenters. The summed E-state index contributed by atoms with van der Waals surface area (Å²) in [6, 6.07) is 17.6. The highest BCUT2D eigenvalue weighted by Gasteiger charge is 2.61. The largest absolute Gasteiger partial charge is 0.394 e. The Bertz CT molecular complexity index is 1730. The molecule has 218 valence electrons. The van der Waals surface area contributed by atoms with Crippen molar-refractivity contribution >= 4 is 5.71 Å². The van der Waals surface area contributed by atoms with Crippen molar-refractivity contribution in [3.05, 3.63) is 99.1 Å². The maximum atomic E-state index is 13.6. The Morgan fingerprint density at radius 1 is 1.10 bits per heavy atom. The molecular weight excluding hydrogens is 542 g/mol. The Labute approximate surface area is 239 Å². The Hall–Kier alpha value is -4.33. The zero-order chi connectivity index (χ0) is 29.0. The molecule has 3 aliphatic rings. The predicted molar refractivity (Wildman–Crippen MR) is 149 cm³/mol. The quantitative estimate of drug-likeness (QED) is 0.234. The highest BCUT2D eigenvalue weighted by atomic mass is 16.6.